The quantitative estimate of drug-likeness (QED) is 0.198. The maximum absolute atomic E-state index is 10.7. The molecule has 0 aromatic heterocycles. The summed E-state index contributed by atoms with van der Waals surface area (Å²) in [5.41, 5.74) is 0. The van der Waals surface area contributed by atoms with E-state index < -0.39 is 13.9 Å². The number of unbranched alkanes of at least 4 members (excludes halogenated alkanes) is 6. The Kier molecular flexibility index (Phi) is 14.5. The van der Waals surface area contributed by atoms with Gasteiger partial charge in [0, 0.05) is 0 Å². The summed E-state index contributed by atoms with van der Waals surface area (Å²) < 4.78 is 26.2. The van der Waals surface area contributed by atoms with Gasteiger partial charge in [0.05, 0.1) is 13.2 Å². The van der Waals surface area contributed by atoms with Crippen LogP contribution in [0.2, 0.25) is 0 Å². The summed E-state index contributed by atoms with van der Waals surface area (Å²) in [7, 11) is -4.44. The first-order valence-electron chi connectivity index (χ1n) is 10.4. The van der Waals surface area contributed by atoms with E-state index in [4.69, 9.17) is 19.3 Å². The summed E-state index contributed by atoms with van der Waals surface area (Å²) in [5, 5.41) is 0. The Bertz CT molecular complexity index is 511. The highest BCUT2D eigenvalue weighted by atomic mass is 31.2. The van der Waals surface area contributed by atoms with Crippen molar-refractivity contribution in [3.8, 4) is 0 Å². The zero-order chi connectivity index (χ0) is 20.5. The largest absolute Gasteiger partial charge is 0.469 e. The van der Waals surface area contributed by atoms with E-state index in [0.717, 1.165) is 38.5 Å². The van der Waals surface area contributed by atoms with Crippen LogP contribution in [-0.4, -0.2) is 35.4 Å². The van der Waals surface area contributed by atoms with Crippen molar-refractivity contribution >= 4 is 7.82 Å². The average molecular weight is 416 g/mol. The van der Waals surface area contributed by atoms with Gasteiger partial charge in [0.2, 0.25) is 0 Å². The van der Waals surface area contributed by atoms with Crippen molar-refractivity contribution in [1.82, 2.24) is 0 Å². The second-order valence-corrected chi connectivity index (χ2v) is 8.23. The molecule has 0 saturated carbocycles. The van der Waals surface area contributed by atoms with Crippen LogP contribution in [0.1, 0.15) is 71.1 Å². The van der Waals surface area contributed by atoms with E-state index in [0.29, 0.717) is 6.61 Å². The Balaban J connectivity index is 1.87. The number of phosphoric acid groups is 1. The van der Waals surface area contributed by atoms with E-state index >= 15 is 0 Å². The van der Waals surface area contributed by atoms with Gasteiger partial charge in [-0.25, -0.2) is 4.57 Å². The Morgan fingerprint density at radius 1 is 0.964 bits per heavy atom. The first kappa shape index (κ1) is 25.3. The molecular weight excluding hydrogens is 379 g/mol. The monoisotopic (exact) mass is 416 g/mol. The normalized spacial score (nSPS) is 21.0. The van der Waals surface area contributed by atoms with E-state index in [1.807, 2.05) is 6.92 Å². The van der Waals surface area contributed by atoms with Gasteiger partial charge < -0.3 is 19.3 Å². The summed E-state index contributed by atoms with van der Waals surface area (Å²) in [6, 6.07) is 0. The third kappa shape index (κ3) is 15.2. The third-order valence-corrected chi connectivity index (χ3v) is 4.90. The molecule has 0 radical (unpaired) electrons. The highest BCUT2D eigenvalue weighted by Crippen LogP contribution is 2.36. The number of ether oxygens (including phenoxy) is 2. The molecule has 0 amide bonds. The fourth-order valence-corrected chi connectivity index (χ4v) is 3.27. The minimum absolute atomic E-state index is 0.137. The number of allylic oxidation sites excluding steroid dienone is 6. The van der Waals surface area contributed by atoms with Crippen LogP contribution in [0.5, 0.6) is 0 Å². The highest BCUT2D eigenvalue weighted by molar-refractivity contribution is 7.46. The third-order valence-electron chi connectivity index (χ3n) is 4.41. The van der Waals surface area contributed by atoms with Crippen molar-refractivity contribution in [1.29, 1.82) is 0 Å². The molecule has 0 bridgehead atoms. The molecule has 1 fully saturated rings. The lowest BCUT2D eigenvalue weighted by Crippen LogP contribution is -2.18. The summed E-state index contributed by atoms with van der Waals surface area (Å²) in [6.45, 7) is 2.23. The van der Waals surface area contributed by atoms with Crippen LogP contribution in [0.3, 0.4) is 0 Å². The summed E-state index contributed by atoms with van der Waals surface area (Å²) in [4.78, 5) is 17.4. The van der Waals surface area contributed by atoms with E-state index in [2.05, 4.69) is 41.0 Å². The molecule has 0 aromatic rings. The zero-order valence-corrected chi connectivity index (χ0v) is 18.0. The van der Waals surface area contributed by atoms with Crippen LogP contribution in [0.4, 0.5) is 0 Å². The Morgan fingerprint density at radius 3 is 2.32 bits per heavy atom. The molecule has 6 nitrogen and oxygen atoms in total. The van der Waals surface area contributed by atoms with Crippen LogP contribution >= 0.6 is 7.82 Å². The summed E-state index contributed by atoms with van der Waals surface area (Å²) in [5.74, 6) is 0. The first-order valence-corrected chi connectivity index (χ1v) is 11.9. The van der Waals surface area contributed by atoms with Crippen molar-refractivity contribution in [2.24, 2.45) is 0 Å². The molecule has 7 heteroatoms. The molecule has 1 rings (SSSR count). The van der Waals surface area contributed by atoms with Crippen molar-refractivity contribution in [3.05, 3.63) is 36.5 Å². The van der Waals surface area contributed by atoms with Crippen molar-refractivity contribution < 1.29 is 28.3 Å². The van der Waals surface area contributed by atoms with Crippen LogP contribution in [0.15, 0.2) is 36.5 Å². The molecule has 1 aliphatic heterocycles. The molecule has 2 atom stereocenters. The molecule has 0 aromatic carbocycles. The fourth-order valence-electron chi connectivity index (χ4n) is 2.91. The predicted molar refractivity (Wildman–Crippen MR) is 112 cm³/mol. The van der Waals surface area contributed by atoms with Crippen molar-refractivity contribution in [3.63, 3.8) is 0 Å². The number of rotatable bonds is 16. The molecule has 0 spiro atoms. The predicted octanol–water partition coefficient (Wildman–Crippen LogP) is 5.43. The minimum Gasteiger partial charge on any atom is -0.350 e. The van der Waals surface area contributed by atoms with Crippen molar-refractivity contribution in [2.45, 2.75) is 83.5 Å². The molecule has 2 N–H and O–H groups in total. The Morgan fingerprint density at radius 2 is 1.61 bits per heavy atom. The Labute approximate surface area is 169 Å². The van der Waals surface area contributed by atoms with Gasteiger partial charge in [-0.3, -0.25) is 4.52 Å². The summed E-state index contributed by atoms with van der Waals surface area (Å²) >= 11 is 0. The maximum Gasteiger partial charge on any atom is 0.469 e. The minimum atomic E-state index is -4.44. The highest BCUT2D eigenvalue weighted by Gasteiger charge is 2.28. The molecule has 0 aliphatic carbocycles. The lowest BCUT2D eigenvalue weighted by atomic mass is 10.1. The van der Waals surface area contributed by atoms with Gasteiger partial charge >= 0.3 is 7.82 Å². The number of phosphoric ester groups is 1. The molecule has 2 unspecified atom stereocenters. The second-order valence-electron chi connectivity index (χ2n) is 6.99. The molecule has 162 valence electrons. The Hall–Kier alpha value is -0.750. The zero-order valence-electron chi connectivity index (χ0n) is 17.1. The molecule has 1 saturated heterocycles. The van der Waals surface area contributed by atoms with Crippen molar-refractivity contribution in [2.75, 3.05) is 13.2 Å². The molecular formula is C21H37O6P. The van der Waals surface area contributed by atoms with E-state index in [-0.39, 0.29) is 12.9 Å². The topological polar surface area (TPSA) is 85.2 Å². The van der Waals surface area contributed by atoms with Gasteiger partial charge in [0.25, 0.3) is 0 Å². The van der Waals surface area contributed by atoms with E-state index in [1.165, 1.54) is 25.7 Å². The van der Waals surface area contributed by atoms with Gasteiger partial charge in [-0.1, -0.05) is 62.1 Å². The smallest absolute Gasteiger partial charge is 0.350 e. The molecule has 1 heterocycles. The van der Waals surface area contributed by atoms with Gasteiger partial charge in [0.1, 0.15) is 6.10 Å². The SMILES string of the molecule is C/C=C/C/C=C/C/C=C/CCCCCCCCC1OCC(COP(=O)(O)O)O1. The summed E-state index contributed by atoms with van der Waals surface area (Å²) in [6.07, 6.45) is 23.7. The van der Waals surface area contributed by atoms with E-state index in [1.54, 1.807) is 0 Å². The maximum atomic E-state index is 10.7. The van der Waals surface area contributed by atoms with Gasteiger partial charge in [0.15, 0.2) is 6.29 Å². The van der Waals surface area contributed by atoms with Gasteiger partial charge in [-0.15, -0.1) is 0 Å². The lowest BCUT2D eigenvalue weighted by Gasteiger charge is -2.12. The number of hydrogen-bond donors (Lipinski definition) is 2. The van der Waals surface area contributed by atoms with Crippen LogP contribution in [0, 0.1) is 0 Å². The molecule has 28 heavy (non-hydrogen) atoms. The van der Waals surface area contributed by atoms with Gasteiger partial charge in [-0.05, 0) is 45.4 Å². The van der Waals surface area contributed by atoms with Crippen LogP contribution in [0.25, 0.3) is 0 Å². The van der Waals surface area contributed by atoms with E-state index in [9.17, 15) is 4.57 Å². The van der Waals surface area contributed by atoms with Gasteiger partial charge in [-0.2, -0.15) is 0 Å². The standard InChI is InChI=1S/C21H37O6P/c1-2-3-4-5-6-7-8-9-10-11-12-13-14-15-16-17-21-25-18-20(27-21)19-26-28(22,23)24/h2-3,5-6,8-9,20-21H,4,7,10-19H2,1H3,(H2,22,23,24)/b3-2+,6-5+,9-8+. The molecule has 1 aliphatic rings. The van der Waals surface area contributed by atoms with Crippen LogP contribution < -0.4 is 0 Å². The first-order chi connectivity index (χ1) is 13.5. The fraction of sp³-hybridized carbons (Fsp3) is 0.714. The average Bonchev–Trinajstić information content (AvgIpc) is 3.10. The second kappa shape index (κ2) is 16.1. The lowest BCUT2D eigenvalue weighted by molar-refractivity contribution is -0.0698. The number of hydrogen-bond acceptors (Lipinski definition) is 4. The van der Waals surface area contributed by atoms with Crippen LogP contribution in [-0.2, 0) is 18.6 Å².